The molecule has 2 N–H and O–H groups in total. The number of hydrogen-bond donors (Lipinski definition) is 2. The molecule has 0 aliphatic carbocycles. The summed E-state index contributed by atoms with van der Waals surface area (Å²) in [4.78, 5) is 26.4. The number of aromatic carboxylic acids is 1. The normalized spacial score (nSPS) is 10.3. The standard InChI is InChI=1S/C13H14N4O3/c1-3-9-11(7-17(2)16-9)15-12(18)8-4-5-10(13(19)20)14-6-8/h4-7H,3H2,1-2H3,(H,15,18)(H,19,20). The number of carboxylic acids is 1. The Hall–Kier alpha value is -2.70. The smallest absolute Gasteiger partial charge is 0.354 e. The van der Waals surface area contributed by atoms with Gasteiger partial charge >= 0.3 is 5.97 Å². The molecule has 20 heavy (non-hydrogen) atoms. The summed E-state index contributed by atoms with van der Waals surface area (Å²) < 4.78 is 1.63. The molecule has 2 aromatic heterocycles. The quantitative estimate of drug-likeness (QED) is 0.876. The van der Waals surface area contributed by atoms with E-state index >= 15 is 0 Å². The van der Waals surface area contributed by atoms with Crippen molar-refractivity contribution >= 4 is 17.6 Å². The first-order valence-corrected chi connectivity index (χ1v) is 6.04. The zero-order valence-corrected chi connectivity index (χ0v) is 11.1. The first kappa shape index (κ1) is 13.7. The number of pyridine rings is 1. The predicted octanol–water partition coefficient (Wildman–Crippen LogP) is 1.33. The predicted molar refractivity (Wildman–Crippen MR) is 71.7 cm³/mol. The molecule has 2 aromatic rings. The number of rotatable bonds is 4. The number of carboxylic acid groups (broad SMARTS) is 1. The van der Waals surface area contributed by atoms with Crippen LogP contribution in [0, 0.1) is 0 Å². The number of hydrogen-bond acceptors (Lipinski definition) is 4. The van der Waals surface area contributed by atoms with Crippen LogP contribution in [-0.2, 0) is 13.5 Å². The molecule has 7 heteroatoms. The molecule has 104 valence electrons. The van der Waals surface area contributed by atoms with E-state index in [4.69, 9.17) is 5.11 Å². The second-order valence-electron chi connectivity index (χ2n) is 4.21. The highest BCUT2D eigenvalue weighted by Crippen LogP contribution is 2.15. The summed E-state index contributed by atoms with van der Waals surface area (Å²) in [5.74, 6) is -1.48. The van der Waals surface area contributed by atoms with E-state index in [0.717, 1.165) is 5.69 Å². The number of anilines is 1. The fourth-order valence-electron chi connectivity index (χ4n) is 1.75. The minimum Gasteiger partial charge on any atom is -0.477 e. The van der Waals surface area contributed by atoms with Gasteiger partial charge in [0, 0.05) is 19.4 Å². The molecule has 0 unspecified atom stereocenters. The molecule has 2 rings (SSSR count). The maximum Gasteiger partial charge on any atom is 0.354 e. The average Bonchev–Trinajstić information content (AvgIpc) is 2.78. The number of nitrogens with one attached hydrogen (secondary N) is 1. The summed E-state index contributed by atoms with van der Waals surface area (Å²) in [6.45, 7) is 1.95. The molecule has 2 heterocycles. The van der Waals surface area contributed by atoms with Crippen LogP contribution in [0.5, 0.6) is 0 Å². The number of nitrogens with zero attached hydrogens (tertiary/aromatic N) is 3. The summed E-state index contributed by atoms with van der Waals surface area (Å²) in [6, 6.07) is 2.72. The van der Waals surface area contributed by atoms with Crippen LogP contribution in [0.2, 0.25) is 0 Å². The van der Waals surface area contributed by atoms with Crippen LogP contribution in [0.4, 0.5) is 5.69 Å². The van der Waals surface area contributed by atoms with Crippen LogP contribution in [0.25, 0.3) is 0 Å². The lowest BCUT2D eigenvalue weighted by atomic mass is 10.2. The minimum absolute atomic E-state index is 0.0998. The summed E-state index contributed by atoms with van der Waals surface area (Å²) in [5, 5.41) is 15.7. The molecule has 0 fully saturated rings. The van der Waals surface area contributed by atoms with Crippen molar-refractivity contribution in [3.05, 3.63) is 41.5 Å². The third-order valence-electron chi connectivity index (χ3n) is 2.73. The highest BCUT2D eigenvalue weighted by molar-refractivity contribution is 6.04. The molecule has 0 saturated heterocycles. The average molecular weight is 274 g/mol. The topological polar surface area (TPSA) is 97.1 Å². The van der Waals surface area contributed by atoms with Gasteiger partial charge in [0.05, 0.1) is 16.9 Å². The molecule has 0 bridgehead atoms. The molecular weight excluding hydrogens is 260 g/mol. The van der Waals surface area contributed by atoms with Gasteiger partial charge in [-0.25, -0.2) is 9.78 Å². The van der Waals surface area contributed by atoms with Crippen molar-refractivity contribution in [3.63, 3.8) is 0 Å². The summed E-state index contributed by atoms with van der Waals surface area (Å²) in [6.07, 6.45) is 3.66. The number of carbonyl (C=O) groups excluding carboxylic acids is 1. The van der Waals surface area contributed by atoms with Crippen molar-refractivity contribution in [2.24, 2.45) is 7.05 Å². The highest BCUT2D eigenvalue weighted by atomic mass is 16.4. The molecular formula is C13H14N4O3. The number of amides is 1. The van der Waals surface area contributed by atoms with E-state index in [2.05, 4.69) is 15.4 Å². The number of aromatic nitrogens is 3. The first-order chi connectivity index (χ1) is 9.51. The van der Waals surface area contributed by atoms with Crippen molar-refractivity contribution < 1.29 is 14.7 Å². The zero-order chi connectivity index (χ0) is 14.7. The van der Waals surface area contributed by atoms with E-state index in [-0.39, 0.29) is 11.6 Å². The Labute approximate surface area is 115 Å². The molecule has 1 amide bonds. The maximum atomic E-state index is 12.0. The van der Waals surface area contributed by atoms with E-state index in [1.807, 2.05) is 6.92 Å². The molecule has 7 nitrogen and oxygen atoms in total. The fraction of sp³-hybridized carbons (Fsp3) is 0.231. The van der Waals surface area contributed by atoms with Crippen molar-refractivity contribution in [3.8, 4) is 0 Å². The van der Waals surface area contributed by atoms with Gasteiger partial charge in [0.2, 0.25) is 0 Å². The lowest BCUT2D eigenvalue weighted by Crippen LogP contribution is -2.13. The third-order valence-corrected chi connectivity index (χ3v) is 2.73. The van der Waals surface area contributed by atoms with Gasteiger partial charge < -0.3 is 10.4 Å². The Morgan fingerprint density at radius 1 is 1.40 bits per heavy atom. The Balaban J connectivity index is 2.17. The Morgan fingerprint density at radius 2 is 2.15 bits per heavy atom. The Bertz CT molecular complexity index is 646. The van der Waals surface area contributed by atoms with Crippen molar-refractivity contribution in [1.29, 1.82) is 0 Å². The third kappa shape index (κ3) is 2.82. The lowest BCUT2D eigenvalue weighted by molar-refractivity contribution is 0.0690. The molecule has 0 spiro atoms. The van der Waals surface area contributed by atoms with Crippen molar-refractivity contribution in [1.82, 2.24) is 14.8 Å². The van der Waals surface area contributed by atoms with E-state index < -0.39 is 5.97 Å². The summed E-state index contributed by atoms with van der Waals surface area (Å²) in [7, 11) is 1.78. The highest BCUT2D eigenvalue weighted by Gasteiger charge is 2.12. The van der Waals surface area contributed by atoms with Crippen LogP contribution in [-0.4, -0.2) is 31.7 Å². The van der Waals surface area contributed by atoms with E-state index in [9.17, 15) is 9.59 Å². The van der Waals surface area contributed by atoms with Crippen LogP contribution >= 0.6 is 0 Å². The van der Waals surface area contributed by atoms with Crippen LogP contribution in [0.1, 0.15) is 33.5 Å². The van der Waals surface area contributed by atoms with Gasteiger partial charge in [-0.2, -0.15) is 5.10 Å². The maximum absolute atomic E-state index is 12.0. The van der Waals surface area contributed by atoms with Crippen LogP contribution in [0.3, 0.4) is 0 Å². The second-order valence-corrected chi connectivity index (χ2v) is 4.21. The van der Waals surface area contributed by atoms with Gasteiger partial charge in [-0.15, -0.1) is 0 Å². The molecule has 0 radical (unpaired) electrons. The second kappa shape index (κ2) is 5.52. The minimum atomic E-state index is -1.13. The van der Waals surface area contributed by atoms with E-state index in [0.29, 0.717) is 17.7 Å². The van der Waals surface area contributed by atoms with Gasteiger partial charge in [0.25, 0.3) is 5.91 Å². The van der Waals surface area contributed by atoms with Gasteiger partial charge in [0.1, 0.15) is 5.69 Å². The van der Waals surface area contributed by atoms with Gasteiger partial charge in [-0.3, -0.25) is 9.48 Å². The van der Waals surface area contributed by atoms with Crippen molar-refractivity contribution in [2.45, 2.75) is 13.3 Å². The van der Waals surface area contributed by atoms with E-state index in [1.54, 1.807) is 17.9 Å². The van der Waals surface area contributed by atoms with Gasteiger partial charge in [-0.1, -0.05) is 6.92 Å². The van der Waals surface area contributed by atoms with Crippen molar-refractivity contribution in [2.75, 3.05) is 5.32 Å². The summed E-state index contributed by atoms with van der Waals surface area (Å²) in [5.41, 5.74) is 1.62. The first-order valence-electron chi connectivity index (χ1n) is 6.04. The molecule has 0 aliphatic rings. The fourth-order valence-corrected chi connectivity index (χ4v) is 1.75. The number of aryl methyl sites for hydroxylation is 2. The SMILES string of the molecule is CCc1nn(C)cc1NC(=O)c1ccc(C(=O)O)nc1. The van der Waals surface area contributed by atoms with Gasteiger partial charge in [0.15, 0.2) is 0 Å². The largest absolute Gasteiger partial charge is 0.477 e. The van der Waals surface area contributed by atoms with Crippen LogP contribution in [0.15, 0.2) is 24.5 Å². The Morgan fingerprint density at radius 3 is 2.70 bits per heavy atom. The number of carbonyl (C=O) groups is 2. The monoisotopic (exact) mass is 274 g/mol. The molecule has 0 aliphatic heterocycles. The van der Waals surface area contributed by atoms with Gasteiger partial charge in [-0.05, 0) is 18.6 Å². The molecule has 0 atom stereocenters. The summed E-state index contributed by atoms with van der Waals surface area (Å²) >= 11 is 0. The van der Waals surface area contributed by atoms with E-state index in [1.165, 1.54) is 18.3 Å². The van der Waals surface area contributed by atoms with Crippen LogP contribution < -0.4 is 5.32 Å². The lowest BCUT2D eigenvalue weighted by Gasteiger charge is -2.04. The molecule has 0 saturated carbocycles. The molecule has 0 aromatic carbocycles. The Kier molecular flexibility index (Phi) is 3.79. The zero-order valence-electron chi connectivity index (χ0n) is 11.1.